The van der Waals surface area contributed by atoms with Gasteiger partial charge in [0, 0.05) is 17.0 Å². The molecule has 0 spiro atoms. The molecule has 134 valence electrons. The van der Waals surface area contributed by atoms with Crippen LogP contribution in [0.1, 0.15) is 42.7 Å². The van der Waals surface area contributed by atoms with Gasteiger partial charge < -0.3 is 10.4 Å². The molecule has 0 bridgehead atoms. The quantitative estimate of drug-likeness (QED) is 0.750. The fraction of sp³-hybridized carbons (Fsp3) is 0.412. The number of nitrogens with zero attached hydrogens (tertiary/aromatic N) is 3. The predicted octanol–water partition coefficient (Wildman–Crippen LogP) is 2.50. The monoisotopic (exact) mass is 364 g/mol. The smallest absolute Gasteiger partial charge is 0.358 e. The van der Waals surface area contributed by atoms with Crippen LogP contribution < -0.4 is 5.32 Å². The van der Waals surface area contributed by atoms with Gasteiger partial charge in [-0.3, -0.25) is 4.79 Å². The number of aromatic nitrogens is 3. The second-order valence-electron chi connectivity index (χ2n) is 5.88. The van der Waals surface area contributed by atoms with Gasteiger partial charge in [0.15, 0.2) is 5.69 Å². The zero-order valence-corrected chi connectivity index (χ0v) is 15.0. The minimum Gasteiger partial charge on any atom is -0.476 e. The van der Waals surface area contributed by atoms with E-state index in [0.29, 0.717) is 11.6 Å². The van der Waals surface area contributed by atoms with Crippen LogP contribution in [0.3, 0.4) is 0 Å². The third kappa shape index (κ3) is 4.57. The van der Waals surface area contributed by atoms with Gasteiger partial charge in [-0.05, 0) is 30.5 Å². The fourth-order valence-electron chi connectivity index (χ4n) is 2.76. The summed E-state index contributed by atoms with van der Waals surface area (Å²) in [6, 6.07) is 7.67. The first-order valence-electron chi connectivity index (χ1n) is 8.06. The van der Waals surface area contributed by atoms with Crippen LogP contribution in [0.25, 0.3) is 0 Å². The highest BCUT2D eigenvalue weighted by atomic mass is 35.5. The van der Waals surface area contributed by atoms with Crippen molar-refractivity contribution >= 4 is 23.5 Å². The van der Waals surface area contributed by atoms with E-state index in [1.165, 1.54) is 10.9 Å². The number of rotatable bonds is 8. The first-order chi connectivity index (χ1) is 11.9. The molecule has 0 fully saturated rings. The molecule has 0 aliphatic heterocycles. The third-order valence-electron chi connectivity index (χ3n) is 4.50. The molecule has 1 amide bonds. The van der Waals surface area contributed by atoms with Crippen LogP contribution in [0.4, 0.5) is 0 Å². The van der Waals surface area contributed by atoms with Crippen molar-refractivity contribution in [3.05, 3.63) is 46.7 Å². The standard InChI is InChI=1S/C17H21ClN4O3/c1-3-17(4-2,12-5-7-13(18)8-6-12)11-19-15(23)10-22-9-14(16(24)25)20-21-22/h5-9H,3-4,10-11H2,1-2H3,(H,19,23)(H,24,25). The van der Waals surface area contributed by atoms with Crippen molar-refractivity contribution in [2.24, 2.45) is 0 Å². The second-order valence-corrected chi connectivity index (χ2v) is 6.31. The Morgan fingerprint density at radius 2 is 1.88 bits per heavy atom. The maximum absolute atomic E-state index is 12.2. The summed E-state index contributed by atoms with van der Waals surface area (Å²) >= 11 is 5.96. The summed E-state index contributed by atoms with van der Waals surface area (Å²) in [4.78, 5) is 23.0. The van der Waals surface area contributed by atoms with Gasteiger partial charge in [0.25, 0.3) is 0 Å². The first-order valence-corrected chi connectivity index (χ1v) is 8.44. The number of nitrogens with one attached hydrogen (secondary N) is 1. The minimum atomic E-state index is -1.18. The molecule has 0 unspecified atom stereocenters. The molecule has 25 heavy (non-hydrogen) atoms. The van der Waals surface area contributed by atoms with Crippen molar-refractivity contribution in [1.82, 2.24) is 20.3 Å². The Kier molecular flexibility index (Phi) is 6.14. The third-order valence-corrected chi connectivity index (χ3v) is 4.75. The van der Waals surface area contributed by atoms with Gasteiger partial charge in [-0.1, -0.05) is 42.8 Å². The Bertz CT molecular complexity index is 739. The van der Waals surface area contributed by atoms with Crippen molar-refractivity contribution in [3.63, 3.8) is 0 Å². The zero-order valence-electron chi connectivity index (χ0n) is 14.2. The lowest BCUT2D eigenvalue weighted by molar-refractivity contribution is -0.122. The molecule has 8 heteroatoms. The molecule has 0 atom stereocenters. The number of hydrogen-bond acceptors (Lipinski definition) is 4. The number of carbonyl (C=O) groups is 2. The molecule has 1 heterocycles. The number of carbonyl (C=O) groups excluding carboxylic acids is 1. The van der Waals surface area contributed by atoms with E-state index in [2.05, 4.69) is 29.5 Å². The fourth-order valence-corrected chi connectivity index (χ4v) is 2.88. The number of hydrogen-bond donors (Lipinski definition) is 2. The van der Waals surface area contributed by atoms with Gasteiger partial charge in [0.05, 0.1) is 6.20 Å². The Hall–Kier alpha value is -2.41. The van der Waals surface area contributed by atoms with E-state index in [0.717, 1.165) is 18.4 Å². The van der Waals surface area contributed by atoms with Crippen LogP contribution in [0.5, 0.6) is 0 Å². The van der Waals surface area contributed by atoms with Crippen LogP contribution >= 0.6 is 11.6 Å². The van der Waals surface area contributed by atoms with E-state index in [1.807, 2.05) is 24.3 Å². The van der Waals surface area contributed by atoms with Crippen LogP contribution in [-0.4, -0.2) is 38.5 Å². The van der Waals surface area contributed by atoms with Crippen LogP contribution in [0.2, 0.25) is 5.02 Å². The average Bonchev–Trinajstić information content (AvgIpc) is 3.06. The Morgan fingerprint density at radius 3 is 2.40 bits per heavy atom. The number of carboxylic acid groups (broad SMARTS) is 1. The van der Waals surface area contributed by atoms with Crippen LogP contribution in [0, 0.1) is 0 Å². The molecular weight excluding hydrogens is 344 g/mol. The van der Waals surface area contributed by atoms with E-state index in [9.17, 15) is 9.59 Å². The van der Waals surface area contributed by atoms with E-state index < -0.39 is 5.97 Å². The van der Waals surface area contributed by atoms with Gasteiger partial charge in [0.2, 0.25) is 5.91 Å². The summed E-state index contributed by atoms with van der Waals surface area (Å²) in [5.41, 5.74) is 0.746. The summed E-state index contributed by atoms with van der Waals surface area (Å²) in [6.45, 7) is 4.56. The first kappa shape index (κ1) is 18.9. The summed E-state index contributed by atoms with van der Waals surface area (Å²) in [7, 11) is 0. The highest BCUT2D eigenvalue weighted by Gasteiger charge is 2.29. The molecule has 1 aromatic carbocycles. The molecule has 0 saturated carbocycles. The molecule has 0 aliphatic rings. The van der Waals surface area contributed by atoms with E-state index in [1.54, 1.807) is 0 Å². The maximum Gasteiger partial charge on any atom is 0.358 e. The largest absolute Gasteiger partial charge is 0.476 e. The lowest BCUT2D eigenvalue weighted by Crippen LogP contribution is -2.41. The number of aromatic carboxylic acids is 1. The molecule has 2 rings (SSSR count). The normalized spacial score (nSPS) is 11.3. The molecule has 1 aromatic heterocycles. The van der Waals surface area contributed by atoms with Crippen molar-refractivity contribution in [2.45, 2.75) is 38.6 Å². The number of halogens is 1. The van der Waals surface area contributed by atoms with Gasteiger partial charge >= 0.3 is 5.97 Å². The van der Waals surface area contributed by atoms with Crippen molar-refractivity contribution in [2.75, 3.05) is 6.54 Å². The minimum absolute atomic E-state index is 0.0790. The topological polar surface area (TPSA) is 97.1 Å². The molecule has 0 radical (unpaired) electrons. The molecule has 0 aliphatic carbocycles. The van der Waals surface area contributed by atoms with Crippen LogP contribution in [-0.2, 0) is 16.8 Å². The zero-order chi connectivity index (χ0) is 18.4. The summed E-state index contributed by atoms with van der Waals surface area (Å²) in [5.74, 6) is -1.42. The Labute approximate surface area is 151 Å². The van der Waals surface area contributed by atoms with Gasteiger partial charge in [-0.25, -0.2) is 9.48 Å². The maximum atomic E-state index is 12.2. The van der Waals surface area contributed by atoms with Gasteiger partial charge in [-0.2, -0.15) is 0 Å². The summed E-state index contributed by atoms with van der Waals surface area (Å²) in [6.07, 6.45) is 2.95. The van der Waals surface area contributed by atoms with Crippen molar-refractivity contribution in [1.29, 1.82) is 0 Å². The SMILES string of the molecule is CCC(CC)(CNC(=O)Cn1cc(C(=O)O)nn1)c1ccc(Cl)cc1. The Balaban J connectivity index is 2.03. The van der Waals surface area contributed by atoms with Gasteiger partial charge in [0.1, 0.15) is 6.54 Å². The highest BCUT2D eigenvalue weighted by Crippen LogP contribution is 2.31. The molecule has 0 saturated heterocycles. The van der Waals surface area contributed by atoms with Crippen LogP contribution in [0.15, 0.2) is 30.5 Å². The number of amides is 1. The summed E-state index contributed by atoms with van der Waals surface area (Å²) in [5, 5.41) is 19.5. The summed E-state index contributed by atoms with van der Waals surface area (Å²) < 4.78 is 1.21. The second kappa shape index (κ2) is 8.11. The lowest BCUT2D eigenvalue weighted by Gasteiger charge is -2.32. The lowest BCUT2D eigenvalue weighted by atomic mass is 9.76. The van der Waals surface area contributed by atoms with Crippen molar-refractivity contribution in [3.8, 4) is 0 Å². The van der Waals surface area contributed by atoms with Crippen molar-refractivity contribution < 1.29 is 14.7 Å². The molecule has 7 nitrogen and oxygen atoms in total. The number of benzene rings is 1. The predicted molar refractivity (Wildman–Crippen MR) is 93.7 cm³/mol. The molecule has 2 aromatic rings. The van der Waals surface area contributed by atoms with E-state index in [-0.39, 0.29) is 23.6 Å². The highest BCUT2D eigenvalue weighted by molar-refractivity contribution is 6.30. The Morgan fingerprint density at radius 1 is 1.24 bits per heavy atom. The average molecular weight is 365 g/mol. The van der Waals surface area contributed by atoms with E-state index >= 15 is 0 Å². The molecule has 2 N–H and O–H groups in total. The molecular formula is C17H21ClN4O3. The van der Waals surface area contributed by atoms with E-state index in [4.69, 9.17) is 16.7 Å². The van der Waals surface area contributed by atoms with Gasteiger partial charge in [-0.15, -0.1) is 5.10 Å². The number of carboxylic acids is 1.